The monoisotopic (exact) mass is 216 g/mol. The van der Waals surface area contributed by atoms with Gasteiger partial charge in [-0.2, -0.15) is 12.6 Å². The summed E-state index contributed by atoms with van der Waals surface area (Å²) >= 11 is 9.65. The summed E-state index contributed by atoms with van der Waals surface area (Å²) in [6.07, 6.45) is 0. The molecule has 1 N–H and O–H groups in total. The van der Waals surface area contributed by atoms with Gasteiger partial charge >= 0.3 is 5.97 Å². The molecule has 0 aliphatic rings. The van der Waals surface area contributed by atoms with E-state index in [1.54, 1.807) is 24.3 Å². The van der Waals surface area contributed by atoms with Crippen molar-refractivity contribution in [3.8, 4) is 0 Å². The summed E-state index contributed by atoms with van der Waals surface area (Å²) in [5.74, 6) is -1.09. The van der Waals surface area contributed by atoms with Gasteiger partial charge in [0.05, 0.1) is 5.88 Å². The van der Waals surface area contributed by atoms with E-state index in [0.29, 0.717) is 5.56 Å². The summed E-state index contributed by atoms with van der Waals surface area (Å²) in [6, 6.07) is 8.73. The number of alkyl halides is 1. The second-order valence-corrected chi connectivity index (χ2v) is 3.70. The Hall–Kier alpha value is -0.670. The molecule has 1 atom stereocenters. The van der Waals surface area contributed by atoms with Crippen LogP contribution in [0.15, 0.2) is 30.3 Å². The zero-order valence-corrected chi connectivity index (χ0v) is 8.42. The van der Waals surface area contributed by atoms with Crippen LogP contribution in [0.1, 0.15) is 5.56 Å². The fourth-order valence-electron chi connectivity index (χ4n) is 0.972. The Kier molecular flexibility index (Phi) is 3.22. The molecule has 0 saturated heterocycles. The number of carboxylic acids is 1. The van der Waals surface area contributed by atoms with E-state index in [0.717, 1.165) is 0 Å². The Bertz CT molecular complexity index is 302. The molecule has 0 heterocycles. The lowest BCUT2D eigenvalue weighted by molar-refractivity contribution is -0.139. The number of carboxylic acid groups (broad SMARTS) is 1. The maximum absolute atomic E-state index is 10.9. The molecule has 0 saturated carbocycles. The summed E-state index contributed by atoms with van der Waals surface area (Å²) in [5.41, 5.74) is 0.598. The Morgan fingerprint density at radius 3 is 2.38 bits per heavy atom. The Balaban J connectivity index is 3.11. The van der Waals surface area contributed by atoms with Crippen molar-refractivity contribution in [2.24, 2.45) is 0 Å². The van der Waals surface area contributed by atoms with Crippen molar-refractivity contribution >= 4 is 30.2 Å². The van der Waals surface area contributed by atoms with E-state index >= 15 is 0 Å². The van der Waals surface area contributed by atoms with E-state index in [1.807, 2.05) is 6.07 Å². The second-order valence-electron chi connectivity index (χ2n) is 2.67. The molecule has 13 heavy (non-hydrogen) atoms. The van der Waals surface area contributed by atoms with Gasteiger partial charge in [0.2, 0.25) is 0 Å². The van der Waals surface area contributed by atoms with Crippen molar-refractivity contribution in [2.45, 2.75) is 4.75 Å². The fourth-order valence-corrected chi connectivity index (χ4v) is 1.39. The van der Waals surface area contributed by atoms with Crippen LogP contribution in [-0.4, -0.2) is 17.0 Å². The van der Waals surface area contributed by atoms with Crippen LogP contribution in [0, 0.1) is 0 Å². The third-order valence-corrected chi connectivity index (χ3v) is 2.99. The molecule has 1 unspecified atom stereocenters. The number of aliphatic carboxylic acids is 1. The van der Waals surface area contributed by atoms with Crippen LogP contribution in [0.4, 0.5) is 0 Å². The molecule has 0 amide bonds. The van der Waals surface area contributed by atoms with Crippen LogP contribution >= 0.6 is 24.2 Å². The largest absolute Gasteiger partial charge is 0.480 e. The van der Waals surface area contributed by atoms with Crippen LogP contribution < -0.4 is 0 Å². The third-order valence-electron chi connectivity index (χ3n) is 1.80. The predicted molar refractivity (Wildman–Crippen MR) is 55.5 cm³/mol. The molecule has 1 aromatic rings. The molecule has 1 aromatic carbocycles. The normalized spacial score (nSPS) is 14.9. The molecular formula is C9H9ClO2S. The molecule has 0 aliphatic carbocycles. The quantitative estimate of drug-likeness (QED) is 0.600. The lowest BCUT2D eigenvalue weighted by Gasteiger charge is -2.20. The van der Waals surface area contributed by atoms with Gasteiger partial charge in [0.25, 0.3) is 0 Å². The smallest absolute Gasteiger partial charge is 0.325 e. The Labute approximate surface area is 86.9 Å². The first-order valence-electron chi connectivity index (χ1n) is 3.68. The minimum absolute atomic E-state index is 0.0601. The van der Waals surface area contributed by atoms with E-state index in [2.05, 4.69) is 12.6 Å². The average Bonchev–Trinajstić information content (AvgIpc) is 2.17. The van der Waals surface area contributed by atoms with E-state index in [9.17, 15) is 4.79 Å². The lowest BCUT2D eigenvalue weighted by atomic mass is 10.0. The first-order valence-corrected chi connectivity index (χ1v) is 4.66. The number of thiol groups is 1. The molecule has 0 aromatic heterocycles. The lowest BCUT2D eigenvalue weighted by Crippen LogP contribution is -2.31. The number of rotatable bonds is 3. The molecule has 0 bridgehead atoms. The molecule has 0 radical (unpaired) electrons. The SMILES string of the molecule is O=C(O)C(S)(CCl)c1ccccc1. The number of hydrogen-bond donors (Lipinski definition) is 2. The van der Waals surface area contributed by atoms with Crippen LogP contribution in [0.2, 0.25) is 0 Å². The zero-order chi connectivity index (χ0) is 9.90. The summed E-state index contributed by atoms with van der Waals surface area (Å²) in [4.78, 5) is 10.9. The van der Waals surface area contributed by atoms with Crippen molar-refractivity contribution in [1.82, 2.24) is 0 Å². The molecule has 0 spiro atoms. The highest BCUT2D eigenvalue weighted by Gasteiger charge is 2.35. The van der Waals surface area contributed by atoms with Crippen molar-refractivity contribution in [3.05, 3.63) is 35.9 Å². The van der Waals surface area contributed by atoms with Crippen LogP contribution in [-0.2, 0) is 9.54 Å². The Morgan fingerprint density at radius 2 is 2.00 bits per heavy atom. The number of benzene rings is 1. The number of carbonyl (C=O) groups is 1. The van der Waals surface area contributed by atoms with Crippen molar-refractivity contribution in [3.63, 3.8) is 0 Å². The summed E-state index contributed by atoms with van der Waals surface area (Å²) in [6.45, 7) is 0. The minimum Gasteiger partial charge on any atom is -0.480 e. The Morgan fingerprint density at radius 1 is 1.46 bits per heavy atom. The van der Waals surface area contributed by atoms with Gasteiger partial charge in [0.15, 0.2) is 0 Å². The molecule has 2 nitrogen and oxygen atoms in total. The number of hydrogen-bond acceptors (Lipinski definition) is 2. The third kappa shape index (κ3) is 1.98. The molecule has 70 valence electrons. The second kappa shape index (κ2) is 4.03. The topological polar surface area (TPSA) is 37.3 Å². The highest BCUT2D eigenvalue weighted by Crippen LogP contribution is 2.29. The van der Waals surface area contributed by atoms with Gasteiger partial charge < -0.3 is 5.11 Å². The fraction of sp³-hybridized carbons (Fsp3) is 0.222. The molecule has 0 aliphatic heterocycles. The first-order chi connectivity index (χ1) is 6.11. The van der Waals surface area contributed by atoms with Crippen molar-refractivity contribution < 1.29 is 9.90 Å². The van der Waals surface area contributed by atoms with Gasteiger partial charge in [-0.05, 0) is 5.56 Å². The maximum atomic E-state index is 10.9. The van der Waals surface area contributed by atoms with E-state index in [1.165, 1.54) is 0 Å². The first kappa shape index (κ1) is 10.4. The standard InChI is InChI=1S/C9H9ClO2S/c10-6-9(13,8(11)12)7-4-2-1-3-5-7/h1-5,13H,6H2,(H,11,12). The predicted octanol–water partition coefficient (Wildman–Crippen LogP) is 2.14. The van der Waals surface area contributed by atoms with E-state index < -0.39 is 10.7 Å². The van der Waals surface area contributed by atoms with Gasteiger partial charge in [-0.25, -0.2) is 0 Å². The van der Waals surface area contributed by atoms with Crippen LogP contribution in [0.3, 0.4) is 0 Å². The average molecular weight is 217 g/mol. The summed E-state index contributed by atoms with van der Waals surface area (Å²) in [5, 5.41) is 8.93. The van der Waals surface area contributed by atoms with Crippen LogP contribution in [0.5, 0.6) is 0 Å². The molecule has 4 heteroatoms. The van der Waals surface area contributed by atoms with Gasteiger partial charge in [-0.3, -0.25) is 4.79 Å². The highest BCUT2D eigenvalue weighted by atomic mass is 35.5. The van der Waals surface area contributed by atoms with E-state index in [4.69, 9.17) is 16.7 Å². The van der Waals surface area contributed by atoms with Gasteiger partial charge in [0.1, 0.15) is 4.75 Å². The molecular weight excluding hydrogens is 208 g/mol. The van der Waals surface area contributed by atoms with Crippen molar-refractivity contribution in [2.75, 3.05) is 5.88 Å². The highest BCUT2D eigenvalue weighted by molar-refractivity contribution is 7.82. The molecule has 0 fully saturated rings. The van der Waals surface area contributed by atoms with E-state index in [-0.39, 0.29) is 5.88 Å². The minimum atomic E-state index is -1.29. The zero-order valence-electron chi connectivity index (χ0n) is 6.77. The summed E-state index contributed by atoms with van der Waals surface area (Å²) < 4.78 is -1.29. The van der Waals surface area contributed by atoms with Gasteiger partial charge in [0, 0.05) is 0 Å². The van der Waals surface area contributed by atoms with Crippen LogP contribution in [0.25, 0.3) is 0 Å². The van der Waals surface area contributed by atoms with Gasteiger partial charge in [-0.15, -0.1) is 11.6 Å². The maximum Gasteiger partial charge on any atom is 0.325 e. The van der Waals surface area contributed by atoms with Gasteiger partial charge in [-0.1, -0.05) is 30.3 Å². The number of halogens is 1. The summed E-state index contributed by atoms with van der Waals surface area (Å²) in [7, 11) is 0. The van der Waals surface area contributed by atoms with Crippen molar-refractivity contribution in [1.29, 1.82) is 0 Å². The molecule has 1 rings (SSSR count).